The van der Waals surface area contributed by atoms with Crippen molar-refractivity contribution in [2.75, 3.05) is 18.6 Å². The standard InChI is InChI=1S/C9H20O3S/c1-13(11,12)9-7-5-3-2-4-6-8-10/h10H,2-9H2,1H3. The van der Waals surface area contributed by atoms with Crippen LogP contribution in [0.1, 0.15) is 38.5 Å². The van der Waals surface area contributed by atoms with Gasteiger partial charge in [-0.15, -0.1) is 0 Å². The number of unbranched alkanes of at least 4 members (excludes halogenated alkanes) is 5. The minimum absolute atomic E-state index is 0.267. The topological polar surface area (TPSA) is 54.4 Å². The molecule has 0 aliphatic rings. The van der Waals surface area contributed by atoms with Crippen molar-refractivity contribution in [2.24, 2.45) is 0 Å². The van der Waals surface area contributed by atoms with E-state index >= 15 is 0 Å². The van der Waals surface area contributed by atoms with E-state index in [-0.39, 0.29) is 6.61 Å². The maximum atomic E-state index is 10.7. The molecule has 1 N–H and O–H groups in total. The third-order valence-electron chi connectivity index (χ3n) is 1.92. The molecule has 0 amide bonds. The van der Waals surface area contributed by atoms with E-state index in [0.29, 0.717) is 5.75 Å². The van der Waals surface area contributed by atoms with Gasteiger partial charge in [-0.2, -0.15) is 0 Å². The molecule has 0 atom stereocenters. The Morgan fingerprint density at radius 1 is 0.923 bits per heavy atom. The van der Waals surface area contributed by atoms with Crippen molar-refractivity contribution in [2.45, 2.75) is 38.5 Å². The van der Waals surface area contributed by atoms with Gasteiger partial charge < -0.3 is 5.11 Å². The maximum absolute atomic E-state index is 10.7. The van der Waals surface area contributed by atoms with Gasteiger partial charge in [0.15, 0.2) is 0 Å². The molecular weight excluding hydrogens is 188 g/mol. The fraction of sp³-hybridized carbons (Fsp3) is 1.00. The highest BCUT2D eigenvalue weighted by molar-refractivity contribution is 7.90. The summed E-state index contributed by atoms with van der Waals surface area (Å²) in [6, 6.07) is 0. The zero-order valence-corrected chi connectivity index (χ0v) is 9.15. The number of hydrogen-bond acceptors (Lipinski definition) is 3. The van der Waals surface area contributed by atoms with Crippen LogP contribution in [0.15, 0.2) is 0 Å². The van der Waals surface area contributed by atoms with E-state index in [1.54, 1.807) is 0 Å². The molecule has 0 bridgehead atoms. The second kappa shape index (κ2) is 7.33. The van der Waals surface area contributed by atoms with Crippen molar-refractivity contribution in [3.8, 4) is 0 Å². The molecule has 0 unspecified atom stereocenters. The Morgan fingerprint density at radius 3 is 1.85 bits per heavy atom. The number of aliphatic hydroxyl groups is 1. The Hall–Kier alpha value is -0.0900. The van der Waals surface area contributed by atoms with Gasteiger partial charge in [0.1, 0.15) is 9.84 Å². The van der Waals surface area contributed by atoms with Crippen molar-refractivity contribution in [3.05, 3.63) is 0 Å². The lowest BCUT2D eigenvalue weighted by Gasteiger charge is -1.99. The Labute approximate surface area is 81.1 Å². The third kappa shape index (κ3) is 11.9. The van der Waals surface area contributed by atoms with Gasteiger partial charge in [-0.3, -0.25) is 0 Å². The second-order valence-corrected chi connectivity index (χ2v) is 5.73. The van der Waals surface area contributed by atoms with Gasteiger partial charge in [-0.05, 0) is 12.8 Å². The molecule has 0 spiro atoms. The number of rotatable bonds is 8. The molecule has 0 radical (unpaired) electrons. The molecule has 0 aliphatic heterocycles. The van der Waals surface area contributed by atoms with Crippen molar-refractivity contribution in [3.63, 3.8) is 0 Å². The number of aliphatic hydroxyl groups excluding tert-OH is 1. The van der Waals surface area contributed by atoms with Crippen LogP contribution in [0, 0.1) is 0 Å². The van der Waals surface area contributed by atoms with Gasteiger partial charge in [0.2, 0.25) is 0 Å². The Morgan fingerprint density at radius 2 is 1.38 bits per heavy atom. The molecule has 0 rings (SSSR count). The van der Waals surface area contributed by atoms with Crippen LogP contribution in [0.3, 0.4) is 0 Å². The Bertz CT molecular complexity index is 197. The van der Waals surface area contributed by atoms with E-state index in [4.69, 9.17) is 5.11 Å². The zero-order chi connectivity index (χ0) is 10.2. The largest absolute Gasteiger partial charge is 0.396 e. The summed E-state index contributed by atoms with van der Waals surface area (Å²) in [6.07, 6.45) is 7.14. The lowest BCUT2D eigenvalue weighted by molar-refractivity contribution is 0.282. The normalized spacial score (nSPS) is 11.8. The van der Waals surface area contributed by atoms with E-state index in [1.807, 2.05) is 0 Å². The zero-order valence-electron chi connectivity index (χ0n) is 8.33. The average molecular weight is 208 g/mol. The molecule has 0 aromatic carbocycles. The quantitative estimate of drug-likeness (QED) is 0.613. The van der Waals surface area contributed by atoms with Crippen LogP contribution in [0.2, 0.25) is 0 Å². The van der Waals surface area contributed by atoms with E-state index in [2.05, 4.69) is 0 Å². The predicted molar refractivity (Wildman–Crippen MR) is 54.5 cm³/mol. The SMILES string of the molecule is CS(=O)(=O)CCCCCCCCO. The van der Waals surface area contributed by atoms with Gasteiger partial charge in [0, 0.05) is 18.6 Å². The van der Waals surface area contributed by atoms with Crippen LogP contribution >= 0.6 is 0 Å². The molecule has 80 valence electrons. The monoisotopic (exact) mass is 208 g/mol. The first-order valence-corrected chi connectivity index (χ1v) is 6.91. The summed E-state index contributed by atoms with van der Waals surface area (Å²) in [7, 11) is -2.76. The molecular formula is C9H20O3S. The van der Waals surface area contributed by atoms with Crippen molar-refractivity contribution in [1.29, 1.82) is 0 Å². The fourth-order valence-corrected chi connectivity index (χ4v) is 1.91. The second-order valence-electron chi connectivity index (χ2n) is 3.47. The lowest BCUT2D eigenvalue weighted by Crippen LogP contribution is -2.02. The molecule has 0 fully saturated rings. The third-order valence-corrected chi connectivity index (χ3v) is 2.95. The summed E-state index contributed by atoms with van der Waals surface area (Å²) in [4.78, 5) is 0. The molecule has 0 saturated heterocycles. The Balaban J connectivity index is 3.09. The van der Waals surface area contributed by atoms with Crippen molar-refractivity contribution in [1.82, 2.24) is 0 Å². The molecule has 13 heavy (non-hydrogen) atoms. The fourth-order valence-electron chi connectivity index (χ4n) is 1.18. The van der Waals surface area contributed by atoms with E-state index in [9.17, 15) is 8.42 Å². The maximum Gasteiger partial charge on any atom is 0.147 e. The van der Waals surface area contributed by atoms with Crippen LogP contribution in [0.5, 0.6) is 0 Å². The highest BCUT2D eigenvalue weighted by Crippen LogP contribution is 2.05. The highest BCUT2D eigenvalue weighted by Gasteiger charge is 2.00. The first-order valence-electron chi connectivity index (χ1n) is 4.85. The van der Waals surface area contributed by atoms with Crippen LogP contribution in [0.25, 0.3) is 0 Å². The summed E-state index contributed by atoms with van der Waals surface area (Å²) >= 11 is 0. The van der Waals surface area contributed by atoms with Gasteiger partial charge in [0.05, 0.1) is 0 Å². The first-order chi connectivity index (χ1) is 6.06. The summed E-state index contributed by atoms with van der Waals surface area (Å²) in [5, 5.41) is 8.50. The first kappa shape index (κ1) is 12.9. The van der Waals surface area contributed by atoms with Crippen molar-refractivity contribution < 1.29 is 13.5 Å². The minimum Gasteiger partial charge on any atom is -0.396 e. The van der Waals surface area contributed by atoms with Crippen molar-refractivity contribution >= 4 is 9.84 Å². The predicted octanol–water partition coefficient (Wildman–Crippen LogP) is 1.36. The molecule has 0 aromatic heterocycles. The van der Waals surface area contributed by atoms with E-state index in [0.717, 1.165) is 38.5 Å². The summed E-state index contributed by atoms with van der Waals surface area (Å²) in [5.74, 6) is 0.312. The van der Waals surface area contributed by atoms with Crippen LogP contribution in [0.4, 0.5) is 0 Å². The van der Waals surface area contributed by atoms with Crippen LogP contribution in [-0.4, -0.2) is 32.1 Å². The average Bonchev–Trinajstić information content (AvgIpc) is 2.01. The highest BCUT2D eigenvalue weighted by atomic mass is 32.2. The van der Waals surface area contributed by atoms with E-state index in [1.165, 1.54) is 6.26 Å². The lowest BCUT2D eigenvalue weighted by atomic mass is 10.1. The smallest absolute Gasteiger partial charge is 0.147 e. The van der Waals surface area contributed by atoms with Crippen LogP contribution in [-0.2, 0) is 9.84 Å². The summed E-state index contributed by atoms with van der Waals surface area (Å²) in [6.45, 7) is 0.267. The molecule has 0 heterocycles. The molecule has 3 nitrogen and oxygen atoms in total. The van der Waals surface area contributed by atoms with Gasteiger partial charge >= 0.3 is 0 Å². The molecule has 0 saturated carbocycles. The molecule has 0 aliphatic carbocycles. The number of hydrogen-bond donors (Lipinski definition) is 1. The van der Waals surface area contributed by atoms with Gasteiger partial charge in [-0.25, -0.2) is 8.42 Å². The van der Waals surface area contributed by atoms with Crippen LogP contribution < -0.4 is 0 Å². The molecule has 0 aromatic rings. The van der Waals surface area contributed by atoms with E-state index < -0.39 is 9.84 Å². The Kier molecular flexibility index (Phi) is 7.28. The number of sulfone groups is 1. The molecule has 4 heteroatoms. The van der Waals surface area contributed by atoms with Gasteiger partial charge in [0.25, 0.3) is 0 Å². The summed E-state index contributed by atoms with van der Waals surface area (Å²) < 4.78 is 21.5. The minimum atomic E-state index is -2.76. The summed E-state index contributed by atoms with van der Waals surface area (Å²) in [5.41, 5.74) is 0. The van der Waals surface area contributed by atoms with Gasteiger partial charge in [-0.1, -0.05) is 25.7 Å².